The lowest BCUT2D eigenvalue weighted by Gasteiger charge is -2.30. The molecule has 136 valence electrons. The van der Waals surface area contributed by atoms with Gasteiger partial charge in [0.15, 0.2) is 5.16 Å². The number of hydrogen-bond acceptors (Lipinski definition) is 5. The maximum Gasteiger partial charge on any atom is 0.264 e. The van der Waals surface area contributed by atoms with Gasteiger partial charge in [-0.15, -0.1) is 0 Å². The average Bonchev–Trinajstić information content (AvgIpc) is 2.64. The lowest BCUT2D eigenvalue weighted by Crippen LogP contribution is -2.49. The third-order valence-corrected chi connectivity index (χ3v) is 5.16. The number of piperidine rings is 1. The van der Waals surface area contributed by atoms with Gasteiger partial charge in [-0.25, -0.2) is 4.98 Å². The van der Waals surface area contributed by atoms with Crippen LogP contribution < -0.4 is 10.9 Å². The van der Waals surface area contributed by atoms with E-state index in [-0.39, 0.29) is 17.5 Å². The molecule has 1 aliphatic rings. The lowest BCUT2D eigenvalue weighted by molar-refractivity contribution is -0.132. The Bertz CT molecular complexity index is 853. The van der Waals surface area contributed by atoms with Crippen molar-refractivity contribution in [2.45, 2.75) is 29.8 Å². The predicted molar refractivity (Wildman–Crippen MR) is 99.0 cm³/mol. The number of nitrogens with one attached hydrogen (secondary N) is 2. The number of H-pyrrole nitrogens is 1. The largest absolute Gasteiger partial charge is 0.347 e. The van der Waals surface area contributed by atoms with E-state index in [1.807, 2.05) is 30.3 Å². The SMILES string of the molecule is CN1C[C@H](NC(=O)c2cnc(SCc3ccccc3)[nH]c2=O)CCC1=O. The summed E-state index contributed by atoms with van der Waals surface area (Å²) < 4.78 is 0. The molecule has 0 unspecified atom stereocenters. The van der Waals surface area contributed by atoms with E-state index in [1.165, 1.54) is 18.0 Å². The van der Waals surface area contributed by atoms with Crippen LogP contribution in [0.4, 0.5) is 0 Å². The zero-order valence-electron chi connectivity index (χ0n) is 14.4. The van der Waals surface area contributed by atoms with E-state index < -0.39 is 11.5 Å². The lowest BCUT2D eigenvalue weighted by atomic mass is 10.1. The van der Waals surface area contributed by atoms with Crippen molar-refractivity contribution in [3.63, 3.8) is 0 Å². The molecule has 2 N–H and O–H groups in total. The van der Waals surface area contributed by atoms with Crippen molar-refractivity contribution < 1.29 is 9.59 Å². The fourth-order valence-electron chi connectivity index (χ4n) is 2.73. The Hall–Kier alpha value is -2.61. The number of rotatable bonds is 5. The summed E-state index contributed by atoms with van der Waals surface area (Å²) in [7, 11) is 1.70. The molecular weight excluding hydrogens is 352 g/mol. The Kier molecular flexibility index (Phi) is 5.72. The molecule has 0 radical (unpaired) electrons. The minimum atomic E-state index is -0.467. The molecule has 1 aliphatic heterocycles. The molecule has 8 heteroatoms. The van der Waals surface area contributed by atoms with Crippen molar-refractivity contribution in [2.24, 2.45) is 0 Å². The first kappa shape index (κ1) is 18.2. The minimum absolute atomic E-state index is 0.0198. The molecule has 1 aromatic heterocycles. The maximum atomic E-state index is 12.3. The van der Waals surface area contributed by atoms with Crippen LogP contribution >= 0.6 is 11.8 Å². The highest BCUT2D eigenvalue weighted by molar-refractivity contribution is 7.98. The van der Waals surface area contributed by atoms with E-state index in [0.717, 1.165) is 5.56 Å². The Morgan fingerprint density at radius 3 is 2.81 bits per heavy atom. The summed E-state index contributed by atoms with van der Waals surface area (Å²) in [6.45, 7) is 0.445. The van der Waals surface area contributed by atoms with Crippen molar-refractivity contribution in [3.05, 3.63) is 58.0 Å². The average molecular weight is 372 g/mol. The number of amides is 2. The fourth-order valence-corrected chi connectivity index (χ4v) is 3.52. The molecule has 3 rings (SSSR count). The Labute approximate surface area is 155 Å². The highest BCUT2D eigenvalue weighted by atomic mass is 32.2. The van der Waals surface area contributed by atoms with Gasteiger partial charge in [-0.1, -0.05) is 42.1 Å². The summed E-state index contributed by atoms with van der Waals surface area (Å²) >= 11 is 1.40. The van der Waals surface area contributed by atoms with Gasteiger partial charge in [-0.2, -0.15) is 0 Å². The van der Waals surface area contributed by atoms with Crippen LogP contribution in [0.25, 0.3) is 0 Å². The number of aromatic amines is 1. The molecule has 0 saturated carbocycles. The summed E-state index contributed by atoms with van der Waals surface area (Å²) in [6, 6.07) is 9.70. The summed E-state index contributed by atoms with van der Waals surface area (Å²) in [5, 5.41) is 3.28. The Balaban J connectivity index is 1.61. The van der Waals surface area contributed by atoms with E-state index in [9.17, 15) is 14.4 Å². The van der Waals surface area contributed by atoms with Gasteiger partial charge in [-0.3, -0.25) is 14.4 Å². The van der Waals surface area contributed by atoms with Gasteiger partial charge in [0.25, 0.3) is 11.5 Å². The van der Waals surface area contributed by atoms with Gasteiger partial charge < -0.3 is 15.2 Å². The van der Waals surface area contributed by atoms with Gasteiger partial charge in [0.1, 0.15) is 5.56 Å². The Morgan fingerprint density at radius 2 is 2.12 bits per heavy atom. The number of hydrogen-bond donors (Lipinski definition) is 2. The fraction of sp³-hybridized carbons (Fsp3) is 0.333. The molecule has 1 fully saturated rings. The van der Waals surface area contributed by atoms with Crippen molar-refractivity contribution in [1.29, 1.82) is 0 Å². The van der Waals surface area contributed by atoms with E-state index in [4.69, 9.17) is 0 Å². The molecule has 1 aromatic carbocycles. The highest BCUT2D eigenvalue weighted by Crippen LogP contribution is 2.17. The van der Waals surface area contributed by atoms with E-state index in [2.05, 4.69) is 15.3 Å². The normalized spacial score (nSPS) is 17.2. The van der Waals surface area contributed by atoms with Crippen LogP contribution in [-0.4, -0.2) is 46.3 Å². The standard InChI is InChI=1S/C18H20N4O3S/c1-22-10-13(7-8-15(22)23)20-16(24)14-9-19-18(21-17(14)25)26-11-12-5-3-2-4-6-12/h2-6,9,13H,7-8,10-11H2,1H3,(H,20,24)(H,19,21,25)/t13-/m1/s1. The van der Waals surface area contributed by atoms with E-state index in [1.54, 1.807) is 11.9 Å². The monoisotopic (exact) mass is 372 g/mol. The molecule has 0 spiro atoms. The number of likely N-dealkylation sites (N-methyl/N-ethyl adjacent to an activating group) is 1. The molecule has 2 heterocycles. The maximum absolute atomic E-state index is 12.3. The first-order valence-corrected chi connectivity index (χ1v) is 9.32. The third-order valence-electron chi connectivity index (χ3n) is 4.20. The van der Waals surface area contributed by atoms with Gasteiger partial charge >= 0.3 is 0 Å². The van der Waals surface area contributed by atoms with Crippen LogP contribution in [-0.2, 0) is 10.5 Å². The molecule has 0 aliphatic carbocycles. The van der Waals surface area contributed by atoms with Crippen molar-refractivity contribution >= 4 is 23.6 Å². The number of likely N-dealkylation sites (tertiary alicyclic amines) is 1. The molecule has 2 amide bonds. The molecular formula is C18H20N4O3S. The topological polar surface area (TPSA) is 95.2 Å². The summed E-state index contributed by atoms with van der Waals surface area (Å²) in [6.07, 6.45) is 2.27. The first-order chi connectivity index (χ1) is 12.5. The Morgan fingerprint density at radius 1 is 1.35 bits per heavy atom. The van der Waals surface area contributed by atoms with Gasteiger partial charge in [0, 0.05) is 38.0 Å². The van der Waals surface area contributed by atoms with Crippen LogP contribution in [0.1, 0.15) is 28.8 Å². The van der Waals surface area contributed by atoms with E-state index in [0.29, 0.717) is 30.3 Å². The van der Waals surface area contributed by atoms with Crippen LogP contribution in [0.2, 0.25) is 0 Å². The first-order valence-electron chi connectivity index (χ1n) is 8.34. The van der Waals surface area contributed by atoms with Gasteiger partial charge in [0.05, 0.1) is 0 Å². The quantitative estimate of drug-likeness (QED) is 0.611. The molecule has 7 nitrogen and oxygen atoms in total. The van der Waals surface area contributed by atoms with Crippen LogP contribution in [0.15, 0.2) is 46.5 Å². The highest BCUT2D eigenvalue weighted by Gasteiger charge is 2.25. The van der Waals surface area contributed by atoms with Gasteiger partial charge in [-0.05, 0) is 12.0 Å². The van der Waals surface area contributed by atoms with Crippen molar-refractivity contribution in [2.75, 3.05) is 13.6 Å². The number of thioether (sulfide) groups is 1. The number of nitrogens with zero attached hydrogens (tertiary/aromatic N) is 2. The molecule has 1 saturated heterocycles. The number of carbonyl (C=O) groups is 2. The number of aromatic nitrogens is 2. The number of carbonyl (C=O) groups excluding carboxylic acids is 2. The third kappa shape index (κ3) is 4.51. The summed E-state index contributed by atoms with van der Waals surface area (Å²) in [5.41, 5.74) is 0.639. The van der Waals surface area contributed by atoms with E-state index >= 15 is 0 Å². The summed E-state index contributed by atoms with van der Waals surface area (Å²) in [5.74, 6) is 0.276. The molecule has 26 heavy (non-hydrogen) atoms. The van der Waals surface area contributed by atoms with Crippen LogP contribution in [0.3, 0.4) is 0 Å². The summed E-state index contributed by atoms with van der Waals surface area (Å²) in [4.78, 5) is 44.5. The second-order valence-corrected chi connectivity index (χ2v) is 7.15. The molecule has 1 atom stereocenters. The molecule has 2 aromatic rings. The number of benzene rings is 1. The molecule has 0 bridgehead atoms. The predicted octanol–water partition coefficient (Wildman–Crippen LogP) is 1.41. The van der Waals surface area contributed by atoms with Crippen LogP contribution in [0.5, 0.6) is 0 Å². The van der Waals surface area contributed by atoms with Crippen LogP contribution in [0, 0.1) is 0 Å². The second-order valence-electron chi connectivity index (χ2n) is 6.19. The van der Waals surface area contributed by atoms with Crippen molar-refractivity contribution in [3.8, 4) is 0 Å². The zero-order valence-corrected chi connectivity index (χ0v) is 15.2. The smallest absolute Gasteiger partial charge is 0.264 e. The zero-order chi connectivity index (χ0) is 18.5. The van der Waals surface area contributed by atoms with Gasteiger partial charge in [0.2, 0.25) is 5.91 Å². The second kappa shape index (κ2) is 8.18. The van der Waals surface area contributed by atoms with Crippen molar-refractivity contribution in [1.82, 2.24) is 20.2 Å². The minimum Gasteiger partial charge on any atom is -0.347 e.